The first kappa shape index (κ1) is 18.3. The van der Waals surface area contributed by atoms with E-state index < -0.39 is 0 Å². The number of aryl methyl sites for hydroxylation is 1. The smallest absolute Gasteiger partial charge is 0.257 e. The molecule has 1 unspecified atom stereocenters. The van der Waals surface area contributed by atoms with Crippen molar-refractivity contribution >= 4 is 28.3 Å². The number of nitrogens with zero attached hydrogens (tertiary/aromatic N) is 1. The molecule has 2 aromatic rings. The largest absolute Gasteiger partial charge is 0.497 e. The van der Waals surface area contributed by atoms with E-state index in [4.69, 9.17) is 9.47 Å². The minimum atomic E-state index is -0.259. The zero-order valence-corrected chi connectivity index (χ0v) is 15.5. The number of rotatable bonds is 7. The highest BCUT2D eigenvalue weighted by Crippen LogP contribution is 2.38. The summed E-state index contributed by atoms with van der Waals surface area (Å²) >= 11 is 1.43. The van der Waals surface area contributed by atoms with Gasteiger partial charge in [-0.3, -0.25) is 14.9 Å². The molecule has 138 valence electrons. The highest BCUT2D eigenvalue weighted by atomic mass is 32.1. The molecule has 7 nitrogen and oxygen atoms in total. The van der Waals surface area contributed by atoms with Crippen LogP contribution < -0.4 is 15.4 Å². The minimum absolute atomic E-state index is 0.0425. The monoisotopic (exact) mass is 375 g/mol. The van der Waals surface area contributed by atoms with E-state index in [1.807, 2.05) is 0 Å². The van der Waals surface area contributed by atoms with E-state index in [1.165, 1.54) is 11.3 Å². The number of aromatic nitrogens is 1. The van der Waals surface area contributed by atoms with Crippen LogP contribution in [0.3, 0.4) is 0 Å². The number of carbonyl (C=O) groups is 2. The predicted octanol–water partition coefficient (Wildman–Crippen LogP) is 2.20. The van der Waals surface area contributed by atoms with Gasteiger partial charge >= 0.3 is 0 Å². The van der Waals surface area contributed by atoms with Crippen LogP contribution >= 0.6 is 11.3 Å². The van der Waals surface area contributed by atoms with E-state index in [0.717, 1.165) is 23.4 Å². The van der Waals surface area contributed by atoms with Gasteiger partial charge in [0, 0.05) is 24.1 Å². The summed E-state index contributed by atoms with van der Waals surface area (Å²) in [7, 11) is 3.17. The Bertz CT molecular complexity index is 788. The van der Waals surface area contributed by atoms with Crippen LogP contribution in [0.2, 0.25) is 0 Å². The van der Waals surface area contributed by atoms with Gasteiger partial charge in [0.05, 0.1) is 25.3 Å². The average molecular weight is 375 g/mol. The van der Waals surface area contributed by atoms with Crippen LogP contribution in [0.5, 0.6) is 5.75 Å². The summed E-state index contributed by atoms with van der Waals surface area (Å²) in [6, 6.07) is 6.86. The van der Waals surface area contributed by atoms with Gasteiger partial charge in [-0.1, -0.05) is 0 Å². The van der Waals surface area contributed by atoms with Crippen LogP contribution in [0.15, 0.2) is 24.3 Å². The second-order valence-corrected chi connectivity index (χ2v) is 6.97. The third-order valence-electron chi connectivity index (χ3n) is 4.21. The van der Waals surface area contributed by atoms with Gasteiger partial charge in [0.25, 0.3) is 5.91 Å². The molecule has 0 bridgehead atoms. The average Bonchev–Trinajstić information content (AvgIpc) is 3.21. The van der Waals surface area contributed by atoms with Crippen LogP contribution in [0, 0.1) is 0 Å². The molecule has 1 aliphatic carbocycles. The van der Waals surface area contributed by atoms with Gasteiger partial charge in [0.15, 0.2) is 5.13 Å². The van der Waals surface area contributed by atoms with Crippen molar-refractivity contribution in [3.8, 4) is 5.75 Å². The Labute approximate surface area is 155 Å². The molecule has 0 aliphatic heterocycles. The fraction of sp³-hybridized carbons (Fsp3) is 0.389. The zero-order valence-electron chi connectivity index (χ0n) is 14.7. The molecule has 3 rings (SSSR count). The lowest BCUT2D eigenvalue weighted by Crippen LogP contribution is -2.31. The lowest BCUT2D eigenvalue weighted by molar-refractivity contribution is -0.122. The molecule has 1 aliphatic rings. The SMILES string of the molecule is COCCNC(=O)C1CCc2sc(NC(=O)c3ccc(OC)cc3)nc21. The normalized spacial score (nSPS) is 15.4. The summed E-state index contributed by atoms with van der Waals surface area (Å²) in [6.45, 7) is 0.956. The maximum Gasteiger partial charge on any atom is 0.257 e. The maximum atomic E-state index is 12.4. The standard InChI is InChI=1S/C18H21N3O4S/c1-24-10-9-19-17(23)13-7-8-14-15(13)20-18(26-14)21-16(22)11-3-5-12(25-2)6-4-11/h3-6,13H,7-10H2,1-2H3,(H,19,23)(H,20,21,22). The number of thiazole rings is 1. The lowest BCUT2D eigenvalue weighted by Gasteiger charge is -2.10. The summed E-state index contributed by atoms with van der Waals surface area (Å²) in [5.74, 6) is 0.155. The van der Waals surface area contributed by atoms with Gasteiger partial charge in [-0.2, -0.15) is 0 Å². The Morgan fingerprint density at radius 2 is 2.04 bits per heavy atom. The van der Waals surface area contributed by atoms with E-state index in [1.54, 1.807) is 38.5 Å². The number of amides is 2. The number of benzene rings is 1. The van der Waals surface area contributed by atoms with Crippen LogP contribution in [0.4, 0.5) is 5.13 Å². The maximum absolute atomic E-state index is 12.4. The number of nitrogens with one attached hydrogen (secondary N) is 2. The molecule has 8 heteroatoms. The molecule has 1 heterocycles. The highest BCUT2D eigenvalue weighted by Gasteiger charge is 2.32. The van der Waals surface area contributed by atoms with Crippen molar-refractivity contribution in [2.45, 2.75) is 18.8 Å². The molecule has 26 heavy (non-hydrogen) atoms. The van der Waals surface area contributed by atoms with Gasteiger partial charge in [-0.25, -0.2) is 4.98 Å². The van der Waals surface area contributed by atoms with E-state index >= 15 is 0 Å². The van der Waals surface area contributed by atoms with Crippen LogP contribution in [-0.2, 0) is 16.0 Å². The summed E-state index contributed by atoms with van der Waals surface area (Å²) in [4.78, 5) is 30.2. The third-order valence-corrected chi connectivity index (χ3v) is 5.26. The second-order valence-electron chi connectivity index (χ2n) is 5.89. The number of fused-ring (bicyclic) bond motifs is 1. The molecule has 0 radical (unpaired) electrons. The Balaban J connectivity index is 1.65. The molecule has 0 spiro atoms. The van der Waals surface area contributed by atoms with E-state index in [9.17, 15) is 9.59 Å². The Kier molecular flexibility index (Phi) is 5.85. The van der Waals surface area contributed by atoms with E-state index in [2.05, 4.69) is 15.6 Å². The quantitative estimate of drug-likeness (QED) is 0.724. The molecule has 0 saturated heterocycles. The summed E-state index contributed by atoms with van der Waals surface area (Å²) in [6.07, 6.45) is 1.55. The first-order valence-corrected chi connectivity index (χ1v) is 9.15. The Hall–Kier alpha value is -2.45. The molecule has 1 aromatic heterocycles. The summed E-state index contributed by atoms with van der Waals surface area (Å²) < 4.78 is 10.0. The highest BCUT2D eigenvalue weighted by molar-refractivity contribution is 7.16. The van der Waals surface area contributed by atoms with E-state index in [0.29, 0.717) is 29.6 Å². The predicted molar refractivity (Wildman–Crippen MR) is 99.0 cm³/mol. The van der Waals surface area contributed by atoms with E-state index in [-0.39, 0.29) is 17.7 Å². The fourth-order valence-electron chi connectivity index (χ4n) is 2.85. The van der Waals surface area contributed by atoms with Crippen molar-refractivity contribution in [2.75, 3.05) is 32.7 Å². The topological polar surface area (TPSA) is 89.6 Å². The van der Waals surface area contributed by atoms with Crippen molar-refractivity contribution in [1.82, 2.24) is 10.3 Å². The number of hydrogen-bond acceptors (Lipinski definition) is 6. The van der Waals surface area contributed by atoms with Crippen molar-refractivity contribution in [2.24, 2.45) is 0 Å². The second kappa shape index (κ2) is 8.29. The number of hydrogen-bond donors (Lipinski definition) is 2. The summed E-state index contributed by atoms with van der Waals surface area (Å²) in [5, 5.41) is 6.19. The molecule has 0 saturated carbocycles. The third kappa shape index (κ3) is 4.03. The van der Waals surface area contributed by atoms with Gasteiger partial charge < -0.3 is 14.8 Å². The van der Waals surface area contributed by atoms with Crippen LogP contribution in [0.25, 0.3) is 0 Å². The molecular weight excluding hydrogens is 354 g/mol. The van der Waals surface area contributed by atoms with Crippen molar-refractivity contribution < 1.29 is 19.1 Å². The number of carbonyl (C=O) groups excluding carboxylic acids is 2. The molecule has 2 amide bonds. The number of anilines is 1. The molecular formula is C18H21N3O4S. The van der Waals surface area contributed by atoms with Crippen molar-refractivity contribution in [1.29, 1.82) is 0 Å². The number of methoxy groups -OCH3 is 2. The van der Waals surface area contributed by atoms with Crippen molar-refractivity contribution in [3.05, 3.63) is 40.4 Å². The van der Waals surface area contributed by atoms with Crippen molar-refractivity contribution in [3.63, 3.8) is 0 Å². The fourth-order valence-corrected chi connectivity index (χ4v) is 3.88. The zero-order chi connectivity index (χ0) is 18.5. The molecule has 0 fully saturated rings. The molecule has 1 atom stereocenters. The first-order valence-electron chi connectivity index (χ1n) is 8.34. The van der Waals surface area contributed by atoms with Crippen LogP contribution in [-0.4, -0.2) is 44.2 Å². The number of ether oxygens (including phenoxy) is 2. The Morgan fingerprint density at radius 3 is 2.73 bits per heavy atom. The van der Waals surface area contributed by atoms with Gasteiger partial charge in [0.1, 0.15) is 5.75 Å². The summed E-state index contributed by atoms with van der Waals surface area (Å²) in [5.41, 5.74) is 1.30. The molecule has 1 aromatic carbocycles. The van der Waals surface area contributed by atoms with Gasteiger partial charge in [-0.15, -0.1) is 11.3 Å². The van der Waals surface area contributed by atoms with Gasteiger partial charge in [-0.05, 0) is 37.1 Å². The minimum Gasteiger partial charge on any atom is -0.497 e. The van der Waals surface area contributed by atoms with Gasteiger partial charge in [0.2, 0.25) is 5.91 Å². The van der Waals surface area contributed by atoms with Crippen LogP contribution in [0.1, 0.15) is 33.3 Å². The lowest BCUT2D eigenvalue weighted by atomic mass is 10.1. The first-order chi connectivity index (χ1) is 12.6. The Morgan fingerprint density at radius 1 is 1.27 bits per heavy atom. The molecule has 2 N–H and O–H groups in total.